The maximum atomic E-state index is 11.2. The topological polar surface area (TPSA) is 101 Å². The Bertz CT molecular complexity index is 350. The molecule has 0 aromatic heterocycles. The highest BCUT2D eigenvalue weighted by atomic mass is 32.2. The Labute approximate surface area is 95.3 Å². The first-order valence-electron chi connectivity index (χ1n) is 5.18. The van der Waals surface area contributed by atoms with Crippen LogP contribution < -0.4 is 5.73 Å². The van der Waals surface area contributed by atoms with Gasteiger partial charge < -0.3 is 15.7 Å². The fraction of sp³-hybridized carbons (Fsp3) is 0.889. The standard InChI is InChI=1S/C9H18N2O4S/c1-9(10,8(12)13)2-3-11-4-6-16(14,15)7-5-11/h2-7,10H2,1H3,(H,12,13). The van der Waals surface area contributed by atoms with E-state index < -0.39 is 21.3 Å². The van der Waals surface area contributed by atoms with E-state index in [1.54, 1.807) is 0 Å². The molecule has 1 unspecified atom stereocenters. The summed E-state index contributed by atoms with van der Waals surface area (Å²) in [5.74, 6) is -0.722. The zero-order chi connectivity index (χ0) is 12.4. The van der Waals surface area contributed by atoms with Crippen molar-refractivity contribution in [3.8, 4) is 0 Å². The number of hydrogen-bond donors (Lipinski definition) is 2. The van der Waals surface area contributed by atoms with Gasteiger partial charge in [0.1, 0.15) is 5.54 Å². The Morgan fingerprint density at radius 3 is 2.38 bits per heavy atom. The molecule has 1 heterocycles. The van der Waals surface area contributed by atoms with Crippen LogP contribution in [-0.2, 0) is 14.6 Å². The molecule has 94 valence electrons. The third-order valence-corrected chi connectivity index (χ3v) is 4.48. The molecule has 6 nitrogen and oxygen atoms in total. The second-order valence-corrected chi connectivity index (χ2v) is 6.77. The minimum atomic E-state index is -2.88. The highest BCUT2D eigenvalue weighted by Crippen LogP contribution is 2.10. The highest BCUT2D eigenvalue weighted by Gasteiger charge is 2.29. The Morgan fingerprint density at radius 1 is 1.44 bits per heavy atom. The lowest BCUT2D eigenvalue weighted by Gasteiger charge is -2.29. The summed E-state index contributed by atoms with van der Waals surface area (Å²) < 4.78 is 22.3. The number of rotatable bonds is 4. The molecule has 0 aromatic carbocycles. The Morgan fingerprint density at radius 2 is 1.94 bits per heavy atom. The van der Waals surface area contributed by atoms with E-state index in [0.717, 1.165) is 0 Å². The smallest absolute Gasteiger partial charge is 0.323 e. The first-order valence-corrected chi connectivity index (χ1v) is 7.00. The summed E-state index contributed by atoms with van der Waals surface area (Å²) in [5, 5.41) is 8.81. The van der Waals surface area contributed by atoms with Crippen molar-refractivity contribution >= 4 is 15.8 Å². The van der Waals surface area contributed by atoms with Crippen LogP contribution in [0.4, 0.5) is 0 Å². The number of nitrogens with two attached hydrogens (primary N) is 1. The van der Waals surface area contributed by atoms with Crippen molar-refractivity contribution in [3.05, 3.63) is 0 Å². The van der Waals surface area contributed by atoms with Crippen LogP contribution in [0.1, 0.15) is 13.3 Å². The second kappa shape index (κ2) is 4.68. The molecule has 3 N–H and O–H groups in total. The Balaban J connectivity index is 2.38. The molecule has 16 heavy (non-hydrogen) atoms. The molecule has 0 spiro atoms. The van der Waals surface area contributed by atoms with E-state index >= 15 is 0 Å². The summed E-state index contributed by atoms with van der Waals surface area (Å²) in [6.45, 7) is 2.93. The number of hydrogen-bond acceptors (Lipinski definition) is 5. The van der Waals surface area contributed by atoms with Gasteiger partial charge in [-0.25, -0.2) is 8.42 Å². The fourth-order valence-corrected chi connectivity index (χ4v) is 2.75. The third-order valence-electron chi connectivity index (χ3n) is 2.87. The molecule has 0 aliphatic carbocycles. The Hall–Kier alpha value is -0.660. The van der Waals surface area contributed by atoms with Crippen LogP contribution in [-0.4, -0.2) is 61.1 Å². The predicted octanol–water partition coefficient (Wildman–Crippen LogP) is -1.09. The van der Waals surface area contributed by atoms with Gasteiger partial charge in [0.2, 0.25) is 0 Å². The van der Waals surface area contributed by atoms with Crippen molar-refractivity contribution < 1.29 is 18.3 Å². The maximum absolute atomic E-state index is 11.2. The molecule has 1 rings (SSSR count). The first kappa shape index (κ1) is 13.4. The minimum Gasteiger partial charge on any atom is -0.480 e. The molecule has 1 aliphatic heterocycles. The number of nitrogens with zero attached hydrogens (tertiary/aromatic N) is 1. The average molecular weight is 250 g/mol. The van der Waals surface area contributed by atoms with Gasteiger partial charge in [0, 0.05) is 19.6 Å². The molecule has 1 atom stereocenters. The quantitative estimate of drug-likeness (QED) is 0.657. The summed E-state index contributed by atoms with van der Waals surface area (Å²) in [5.41, 5.74) is 4.35. The number of sulfone groups is 1. The van der Waals surface area contributed by atoms with Gasteiger partial charge in [-0.1, -0.05) is 0 Å². The Kier molecular flexibility index (Phi) is 3.92. The zero-order valence-electron chi connectivity index (χ0n) is 9.35. The largest absolute Gasteiger partial charge is 0.480 e. The van der Waals surface area contributed by atoms with E-state index in [9.17, 15) is 13.2 Å². The lowest BCUT2D eigenvalue weighted by molar-refractivity contribution is -0.143. The molecule has 7 heteroatoms. The van der Waals surface area contributed by atoms with Crippen molar-refractivity contribution in [1.82, 2.24) is 4.90 Å². The molecule has 1 fully saturated rings. The minimum absolute atomic E-state index is 0.154. The van der Waals surface area contributed by atoms with Gasteiger partial charge in [0.15, 0.2) is 9.84 Å². The van der Waals surface area contributed by atoms with Crippen LogP contribution in [0, 0.1) is 0 Å². The normalized spacial score (nSPS) is 24.9. The van der Waals surface area contributed by atoms with E-state index in [-0.39, 0.29) is 11.5 Å². The van der Waals surface area contributed by atoms with Crippen molar-refractivity contribution in [1.29, 1.82) is 0 Å². The van der Waals surface area contributed by atoms with Crippen molar-refractivity contribution in [2.75, 3.05) is 31.1 Å². The number of carbonyl (C=O) groups is 1. The SMILES string of the molecule is CC(N)(CCN1CCS(=O)(=O)CC1)C(=O)O. The van der Waals surface area contributed by atoms with Gasteiger partial charge in [-0.3, -0.25) is 4.79 Å². The van der Waals surface area contributed by atoms with Crippen LogP contribution in [0.5, 0.6) is 0 Å². The second-order valence-electron chi connectivity index (χ2n) is 4.47. The third kappa shape index (κ3) is 3.73. The van der Waals surface area contributed by atoms with Crippen LogP contribution in [0.15, 0.2) is 0 Å². The molecular weight excluding hydrogens is 232 g/mol. The zero-order valence-corrected chi connectivity index (χ0v) is 10.2. The lowest BCUT2D eigenvalue weighted by atomic mass is 9.99. The summed E-state index contributed by atoms with van der Waals surface area (Å²) in [7, 11) is -2.88. The van der Waals surface area contributed by atoms with Gasteiger partial charge >= 0.3 is 5.97 Å². The lowest BCUT2D eigenvalue weighted by Crippen LogP contribution is -2.49. The molecule has 1 saturated heterocycles. The van der Waals surface area contributed by atoms with E-state index in [1.807, 2.05) is 4.90 Å². The van der Waals surface area contributed by atoms with Gasteiger partial charge in [0.25, 0.3) is 0 Å². The maximum Gasteiger partial charge on any atom is 0.323 e. The van der Waals surface area contributed by atoms with Crippen LogP contribution in [0.2, 0.25) is 0 Å². The average Bonchev–Trinajstić information content (AvgIpc) is 2.16. The van der Waals surface area contributed by atoms with Crippen molar-refractivity contribution in [3.63, 3.8) is 0 Å². The molecule has 0 amide bonds. The molecular formula is C9H18N2O4S. The molecule has 0 saturated carbocycles. The van der Waals surface area contributed by atoms with Crippen molar-refractivity contribution in [2.45, 2.75) is 18.9 Å². The number of aliphatic carboxylic acids is 1. The fourth-order valence-electron chi connectivity index (χ4n) is 1.47. The van der Waals surface area contributed by atoms with Crippen molar-refractivity contribution in [2.24, 2.45) is 5.73 Å². The van der Waals surface area contributed by atoms with Gasteiger partial charge in [0.05, 0.1) is 11.5 Å². The summed E-state index contributed by atoms with van der Waals surface area (Å²) >= 11 is 0. The highest BCUT2D eigenvalue weighted by molar-refractivity contribution is 7.91. The molecule has 0 aromatic rings. The van der Waals surface area contributed by atoms with E-state index in [4.69, 9.17) is 10.8 Å². The van der Waals surface area contributed by atoms with Crippen LogP contribution in [0.3, 0.4) is 0 Å². The number of carboxylic acid groups (broad SMARTS) is 1. The van der Waals surface area contributed by atoms with Gasteiger partial charge in [-0.2, -0.15) is 0 Å². The summed E-state index contributed by atoms with van der Waals surface area (Å²) in [4.78, 5) is 12.7. The van der Waals surface area contributed by atoms with E-state index in [1.165, 1.54) is 6.92 Å². The molecule has 0 bridgehead atoms. The molecule has 0 radical (unpaired) electrons. The summed E-state index contributed by atoms with van der Waals surface area (Å²) in [6.07, 6.45) is 0.322. The van der Waals surface area contributed by atoms with Crippen LogP contribution >= 0.6 is 0 Å². The first-order chi connectivity index (χ1) is 7.23. The van der Waals surface area contributed by atoms with E-state index in [0.29, 0.717) is 26.1 Å². The van der Waals surface area contributed by atoms with Gasteiger partial charge in [-0.15, -0.1) is 0 Å². The molecule has 1 aliphatic rings. The monoisotopic (exact) mass is 250 g/mol. The van der Waals surface area contributed by atoms with E-state index in [2.05, 4.69) is 0 Å². The van der Waals surface area contributed by atoms with Gasteiger partial charge in [-0.05, 0) is 13.3 Å². The van der Waals surface area contributed by atoms with Crippen LogP contribution in [0.25, 0.3) is 0 Å². The summed E-state index contributed by atoms with van der Waals surface area (Å²) in [6, 6.07) is 0. The number of carboxylic acids is 1. The predicted molar refractivity (Wildman–Crippen MR) is 59.9 cm³/mol.